The van der Waals surface area contributed by atoms with Gasteiger partial charge in [0.15, 0.2) is 5.96 Å². The summed E-state index contributed by atoms with van der Waals surface area (Å²) in [4.78, 5) is 8.96. The molecule has 1 aromatic carbocycles. The Morgan fingerprint density at radius 1 is 1.32 bits per heavy atom. The number of aromatic nitrogens is 1. The van der Waals surface area contributed by atoms with Crippen molar-refractivity contribution >= 4 is 23.0 Å². The van der Waals surface area contributed by atoms with E-state index in [2.05, 4.69) is 53.6 Å². The summed E-state index contributed by atoms with van der Waals surface area (Å²) in [6, 6.07) is 8.24. The van der Waals surface area contributed by atoms with Gasteiger partial charge in [0.2, 0.25) is 0 Å². The number of hydrogen-bond donors (Lipinski definition) is 2. The van der Waals surface area contributed by atoms with Crippen LogP contribution in [0.3, 0.4) is 0 Å². The minimum atomic E-state index is 0.448. The summed E-state index contributed by atoms with van der Waals surface area (Å²) < 4.78 is 0. The molecular formula is C17H24N4S. The summed E-state index contributed by atoms with van der Waals surface area (Å²) in [6.45, 7) is 7.10. The van der Waals surface area contributed by atoms with E-state index in [0.29, 0.717) is 18.4 Å². The van der Waals surface area contributed by atoms with Crippen molar-refractivity contribution in [2.24, 2.45) is 10.7 Å². The number of nitrogens with two attached hydrogens (primary N) is 1. The fourth-order valence-corrected chi connectivity index (χ4v) is 2.87. The number of aryl methyl sites for hydroxylation is 1. The lowest BCUT2D eigenvalue weighted by atomic mass is 10.1. The minimum absolute atomic E-state index is 0.448. The molecule has 0 atom stereocenters. The second kappa shape index (κ2) is 7.94. The van der Waals surface area contributed by atoms with Crippen molar-refractivity contribution in [1.29, 1.82) is 0 Å². The Labute approximate surface area is 136 Å². The van der Waals surface area contributed by atoms with Crippen LogP contribution in [0.15, 0.2) is 34.6 Å². The molecule has 22 heavy (non-hydrogen) atoms. The number of aliphatic imine (C=N–C) groups is 1. The summed E-state index contributed by atoms with van der Waals surface area (Å²) in [5.41, 5.74) is 9.29. The lowest BCUT2D eigenvalue weighted by Crippen LogP contribution is -2.23. The third kappa shape index (κ3) is 4.84. The molecule has 0 radical (unpaired) electrons. The maximum Gasteiger partial charge on any atom is 0.193 e. The highest BCUT2D eigenvalue weighted by molar-refractivity contribution is 7.09. The van der Waals surface area contributed by atoms with Gasteiger partial charge < -0.3 is 11.1 Å². The van der Waals surface area contributed by atoms with E-state index >= 15 is 0 Å². The minimum Gasteiger partial charge on any atom is -0.370 e. The molecule has 0 amide bonds. The Morgan fingerprint density at radius 2 is 2.05 bits per heavy atom. The van der Waals surface area contributed by atoms with Gasteiger partial charge in [0.25, 0.3) is 0 Å². The Kier molecular flexibility index (Phi) is 5.95. The zero-order valence-corrected chi connectivity index (χ0v) is 14.3. The van der Waals surface area contributed by atoms with Crippen LogP contribution in [-0.4, -0.2) is 17.5 Å². The van der Waals surface area contributed by atoms with E-state index in [1.54, 1.807) is 11.3 Å². The highest BCUT2D eigenvalue weighted by Gasteiger charge is 2.05. The third-order valence-corrected chi connectivity index (χ3v) is 4.54. The number of nitrogens with one attached hydrogen (secondary N) is 1. The SMILES string of the molecule is CCc1ccc(NC(N)=NCCc2csc(C(C)C)n2)cc1. The highest BCUT2D eigenvalue weighted by Crippen LogP contribution is 2.19. The molecule has 0 aliphatic heterocycles. The third-order valence-electron chi connectivity index (χ3n) is 3.35. The van der Waals surface area contributed by atoms with Crippen LogP contribution >= 0.6 is 11.3 Å². The fraction of sp³-hybridized carbons (Fsp3) is 0.412. The van der Waals surface area contributed by atoms with Crippen molar-refractivity contribution in [3.8, 4) is 0 Å². The second-order valence-electron chi connectivity index (χ2n) is 5.52. The van der Waals surface area contributed by atoms with Crippen LogP contribution < -0.4 is 11.1 Å². The van der Waals surface area contributed by atoms with E-state index in [1.807, 2.05) is 12.1 Å². The quantitative estimate of drug-likeness (QED) is 0.629. The Morgan fingerprint density at radius 3 is 2.64 bits per heavy atom. The van der Waals surface area contributed by atoms with Gasteiger partial charge in [0.05, 0.1) is 10.7 Å². The van der Waals surface area contributed by atoms with Crippen LogP contribution in [0.2, 0.25) is 0 Å². The van der Waals surface area contributed by atoms with Crippen LogP contribution in [0, 0.1) is 0 Å². The number of benzene rings is 1. The summed E-state index contributed by atoms with van der Waals surface area (Å²) in [7, 11) is 0. The van der Waals surface area contributed by atoms with Gasteiger partial charge in [-0.15, -0.1) is 11.3 Å². The summed E-state index contributed by atoms with van der Waals surface area (Å²) in [6.07, 6.45) is 1.86. The first-order chi connectivity index (χ1) is 10.6. The van der Waals surface area contributed by atoms with E-state index in [9.17, 15) is 0 Å². The summed E-state index contributed by atoms with van der Waals surface area (Å²) in [5, 5.41) is 6.40. The molecule has 118 valence electrons. The maximum absolute atomic E-state index is 5.91. The van der Waals surface area contributed by atoms with Gasteiger partial charge >= 0.3 is 0 Å². The van der Waals surface area contributed by atoms with Gasteiger partial charge in [-0.3, -0.25) is 4.99 Å². The second-order valence-corrected chi connectivity index (χ2v) is 6.41. The predicted molar refractivity (Wildman–Crippen MR) is 95.8 cm³/mol. The van der Waals surface area contributed by atoms with E-state index in [1.165, 1.54) is 10.6 Å². The van der Waals surface area contributed by atoms with Crippen molar-refractivity contribution in [1.82, 2.24) is 4.98 Å². The van der Waals surface area contributed by atoms with Crippen LogP contribution in [0.25, 0.3) is 0 Å². The zero-order valence-electron chi connectivity index (χ0n) is 13.5. The molecule has 2 rings (SSSR count). The molecule has 1 aromatic heterocycles. The molecular weight excluding hydrogens is 292 g/mol. The van der Waals surface area contributed by atoms with Crippen molar-refractivity contribution in [3.63, 3.8) is 0 Å². The number of anilines is 1. The molecule has 1 heterocycles. The van der Waals surface area contributed by atoms with Crippen molar-refractivity contribution in [2.75, 3.05) is 11.9 Å². The molecule has 2 aromatic rings. The number of hydrogen-bond acceptors (Lipinski definition) is 3. The van der Waals surface area contributed by atoms with Gasteiger partial charge in [-0.25, -0.2) is 4.98 Å². The molecule has 3 N–H and O–H groups in total. The lowest BCUT2D eigenvalue weighted by molar-refractivity contribution is 0.831. The van der Waals surface area contributed by atoms with Gasteiger partial charge in [-0.05, 0) is 24.1 Å². The van der Waals surface area contributed by atoms with Gasteiger partial charge in [-0.1, -0.05) is 32.9 Å². The fourth-order valence-electron chi connectivity index (χ4n) is 2.00. The van der Waals surface area contributed by atoms with Crippen LogP contribution in [-0.2, 0) is 12.8 Å². The highest BCUT2D eigenvalue weighted by atomic mass is 32.1. The zero-order chi connectivity index (χ0) is 15.9. The molecule has 0 saturated carbocycles. The smallest absolute Gasteiger partial charge is 0.193 e. The van der Waals surface area contributed by atoms with E-state index in [-0.39, 0.29) is 0 Å². The first-order valence-electron chi connectivity index (χ1n) is 7.68. The summed E-state index contributed by atoms with van der Waals surface area (Å²) in [5.74, 6) is 0.934. The molecule has 0 spiro atoms. The monoisotopic (exact) mass is 316 g/mol. The van der Waals surface area contributed by atoms with Crippen molar-refractivity contribution < 1.29 is 0 Å². The molecule has 0 aliphatic rings. The first kappa shape index (κ1) is 16.5. The van der Waals surface area contributed by atoms with Gasteiger partial charge in [-0.2, -0.15) is 0 Å². The molecule has 0 saturated heterocycles. The maximum atomic E-state index is 5.91. The molecule has 5 heteroatoms. The normalized spacial score (nSPS) is 11.9. The number of guanidine groups is 1. The molecule has 0 unspecified atom stereocenters. The molecule has 4 nitrogen and oxygen atoms in total. The molecule has 0 aliphatic carbocycles. The van der Waals surface area contributed by atoms with Crippen LogP contribution in [0.4, 0.5) is 5.69 Å². The average Bonchev–Trinajstić information content (AvgIpc) is 2.97. The predicted octanol–water partition coefficient (Wildman–Crippen LogP) is 3.80. The largest absolute Gasteiger partial charge is 0.370 e. The lowest BCUT2D eigenvalue weighted by Gasteiger charge is -2.06. The van der Waals surface area contributed by atoms with Crippen LogP contribution in [0.1, 0.15) is 43.0 Å². The van der Waals surface area contributed by atoms with E-state index < -0.39 is 0 Å². The summed E-state index contributed by atoms with van der Waals surface area (Å²) >= 11 is 1.72. The number of nitrogens with zero attached hydrogens (tertiary/aromatic N) is 2. The van der Waals surface area contributed by atoms with Gasteiger partial charge in [0.1, 0.15) is 0 Å². The van der Waals surface area contributed by atoms with Crippen LogP contribution in [0.5, 0.6) is 0 Å². The standard InChI is InChI=1S/C17H24N4S/c1-4-13-5-7-14(8-6-13)21-17(18)19-10-9-15-11-22-16(20-15)12(2)3/h5-8,11-12H,4,9-10H2,1-3H3,(H3,18,19,21). The van der Waals surface area contributed by atoms with Crippen molar-refractivity contribution in [2.45, 2.75) is 39.5 Å². The first-order valence-corrected chi connectivity index (χ1v) is 8.56. The molecule has 0 fully saturated rings. The van der Waals surface area contributed by atoms with E-state index in [0.717, 1.165) is 24.2 Å². The van der Waals surface area contributed by atoms with Crippen molar-refractivity contribution in [3.05, 3.63) is 45.9 Å². The number of thiazole rings is 1. The van der Waals surface area contributed by atoms with E-state index in [4.69, 9.17) is 5.73 Å². The topological polar surface area (TPSA) is 63.3 Å². The Hall–Kier alpha value is -1.88. The van der Waals surface area contributed by atoms with Gasteiger partial charge in [0, 0.05) is 30.0 Å². The molecule has 0 bridgehead atoms. The number of rotatable bonds is 6. The Bertz CT molecular complexity index is 614. The Balaban J connectivity index is 1.83. The average molecular weight is 316 g/mol.